The lowest BCUT2D eigenvalue weighted by Crippen LogP contribution is -1.89. The van der Waals surface area contributed by atoms with E-state index >= 15 is 0 Å². The standard InChI is InChI=1S/C7H3BrN4/c8-6-1-2-12-7(11-6)5(3-9)4-10-12/h1-2,4H. The summed E-state index contributed by atoms with van der Waals surface area (Å²) in [4.78, 5) is 4.10. The summed E-state index contributed by atoms with van der Waals surface area (Å²) in [6.45, 7) is 0. The fraction of sp³-hybridized carbons (Fsp3) is 0. The minimum absolute atomic E-state index is 0.483. The van der Waals surface area contributed by atoms with Gasteiger partial charge in [-0.1, -0.05) is 0 Å². The molecule has 0 fully saturated rings. The quantitative estimate of drug-likeness (QED) is 0.633. The van der Waals surface area contributed by atoms with Gasteiger partial charge in [-0.05, 0) is 22.0 Å². The zero-order valence-electron chi connectivity index (χ0n) is 5.90. The van der Waals surface area contributed by atoms with Gasteiger partial charge in [-0.25, -0.2) is 9.50 Å². The van der Waals surface area contributed by atoms with Crippen LogP contribution in [0.5, 0.6) is 0 Å². The second-order valence-corrected chi connectivity index (χ2v) is 3.00. The van der Waals surface area contributed by atoms with E-state index in [1.165, 1.54) is 6.20 Å². The third kappa shape index (κ3) is 0.970. The summed E-state index contributed by atoms with van der Waals surface area (Å²) in [6.07, 6.45) is 3.24. The van der Waals surface area contributed by atoms with Gasteiger partial charge in [-0.3, -0.25) is 0 Å². The zero-order chi connectivity index (χ0) is 8.55. The molecule has 58 valence electrons. The Balaban J connectivity index is 2.86. The summed E-state index contributed by atoms with van der Waals surface area (Å²) in [5.74, 6) is 0. The lowest BCUT2D eigenvalue weighted by atomic mass is 10.4. The number of rotatable bonds is 0. The van der Waals surface area contributed by atoms with Gasteiger partial charge in [0.05, 0.1) is 6.20 Å². The van der Waals surface area contributed by atoms with Crippen LogP contribution in [0, 0.1) is 11.3 Å². The second kappa shape index (κ2) is 2.57. The van der Waals surface area contributed by atoms with Crippen LogP contribution in [-0.4, -0.2) is 14.6 Å². The normalized spacial score (nSPS) is 10.0. The molecule has 0 aliphatic rings. The second-order valence-electron chi connectivity index (χ2n) is 2.19. The monoisotopic (exact) mass is 222 g/mol. The van der Waals surface area contributed by atoms with Crippen molar-refractivity contribution in [2.75, 3.05) is 0 Å². The number of hydrogen-bond acceptors (Lipinski definition) is 3. The van der Waals surface area contributed by atoms with E-state index in [-0.39, 0.29) is 0 Å². The first kappa shape index (κ1) is 7.25. The van der Waals surface area contributed by atoms with Crippen LogP contribution in [0.3, 0.4) is 0 Å². The van der Waals surface area contributed by atoms with Gasteiger partial charge in [0, 0.05) is 6.20 Å². The Kier molecular flexibility index (Phi) is 1.55. The van der Waals surface area contributed by atoms with Gasteiger partial charge in [0.25, 0.3) is 0 Å². The van der Waals surface area contributed by atoms with Gasteiger partial charge in [-0.15, -0.1) is 0 Å². The molecule has 0 bridgehead atoms. The first-order chi connectivity index (χ1) is 5.81. The largest absolute Gasteiger partial charge is 0.221 e. The summed E-state index contributed by atoms with van der Waals surface area (Å²) in [6, 6.07) is 3.78. The fourth-order valence-corrected chi connectivity index (χ4v) is 1.21. The molecule has 0 aromatic carbocycles. The summed E-state index contributed by atoms with van der Waals surface area (Å²) in [7, 11) is 0. The van der Waals surface area contributed by atoms with Gasteiger partial charge in [0.15, 0.2) is 5.65 Å². The molecule has 0 aliphatic heterocycles. The van der Waals surface area contributed by atoms with Crippen molar-refractivity contribution in [1.29, 1.82) is 5.26 Å². The SMILES string of the molecule is N#Cc1cnn2ccc(Br)nc12. The van der Waals surface area contributed by atoms with Crippen LogP contribution in [0.25, 0.3) is 5.65 Å². The zero-order valence-corrected chi connectivity index (χ0v) is 7.48. The smallest absolute Gasteiger partial charge is 0.173 e. The Morgan fingerprint density at radius 2 is 2.42 bits per heavy atom. The number of nitrogens with zero attached hydrogens (tertiary/aromatic N) is 4. The Labute approximate surface area is 76.6 Å². The van der Waals surface area contributed by atoms with Crippen LogP contribution in [0.1, 0.15) is 5.56 Å². The van der Waals surface area contributed by atoms with E-state index in [2.05, 4.69) is 26.0 Å². The van der Waals surface area contributed by atoms with Crippen molar-refractivity contribution in [2.24, 2.45) is 0 Å². The highest BCUT2D eigenvalue weighted by atomic mass is 79.9. The van der Waals surface area contributed by atoms with Crippen molar-refractivity contribution in [3.05, 3.63) is 28.6 Å². The third-order valence-corrected chi connectivity index (χ3v) is 1.90. The summed E-state index contributed by atoms with van der Waals surface area (Å²) >= 11 is 3.22. The molecule has 0 amide bonds. The predicted molar refractivity (Wildman–Crippen MR) is 45.4 cm³/mol. The topological polar surface area (TPSA) is 54.0 Å². The highest BCUT2D eigenvalue weighted by Gasteiger charge is 2.03. The molecule has 0 unspecified atom stereocenters. The molecule has 2 rings (SSSR count). The van der Waals surface area contributed by atoms with Crippen LogP contribution in [-0.2, 0) is 0 Å². The third-order valence-electron chi connectivity index (χ3n) is 1.46. The van der Waals surface area contributed by atoms with Gasteiger partial charge < -0.3 is 0 Å². The minimum atomic E-state index is 0.483. The maximum atomic E-state index is 8.66. The average Bonchev–Trinajstić information content (AvgIpc) is 2.46. The molecule has 4 nitrogen and oxygen atoms in total. The van der Waals surface area contributed by atoms with Crippen LogP contribution in [0.15, 0.2) is 23.1 Å². The molecule has 2 heterocycles. The van der Waals surface area contributed by atoms with Gasteiger partial charge in [0.1, 0.15) is 16.2 Å². The van der Waals surface area contributed by atoms with Crippen LogP contribution in [0.2, 0.25) is 0 Å². The number of fused-ring (bicyclic) bond motifs is 1. The fourth-order valence-electron chi connectivity index (χ4n) is 0.926. The molecule has 0 atom stereocenters. The van der Waals surface area contributed by atoms with Crippen molar-refractivity contribution in [3.8, 4) is 6.07 Å². The number of halogens is 1. The molecule has 12 heavy (non-hydrogen) atoms. The Bertz CT molecular complexity index is 468. The van der Waals surface area contributed by atoms with Crippen molar-refractivity contribution in [2.45, 2.75) is 0 Å². The molecule has 0 saturated carbocycles. The first-order valence-electron chi connectivity index (χ1n) is 3.21. The lowest BCUT2D eigenvalue weighted by molar-refractivity contribution is 0.934. The Hall–Kier alpha value is -1.41. The van der Waals surface area contributed by atoms with Gasteiger partial charge in [-0.2, -0.15) is 10.4 Å². The summed E-state index contributed by atoms with van der Waals surface area (Å²) in [5, 5.41) is 12.6. The van der Waals surface area contributed by atoms with Crippen molar-refractivity contribution in [1.82, 2.24) is 14.6 Å². The molecular formula is C7H3BrN4. The molecule has 0 aliphatic carbocycles. The van der Waals surface area contributed by atoms with E-state index in [9.17, 15) is 0 Å². The molecule has 0 saturated heterocycles. The maximum Gasteiger partial charge on any atom is 0.173 e. The predicted octanol–water partition coefficient (Wildman–Crippen LogP) is 1.36. The van der Waals surface area contributed by atoms with E-state index < -0.39 is 0 Å². The highest BCUT2D eigenvalue weighted by molar-refractivity contribution is 9.10. The first-order valence-corrected chi connectivity index (χ1v) is 4.00. The van der Waals surface area contributed by atoms with Crippen LogP contribution >= 0.6 is 15.9 Å². The molecule has 2 aromatic rings. The van der Waals surface area contributed by atoms with E-state index in [4.69, 9.17) is 5.26 Å². The van der Waals surface area contributed by atoms with Crippen LogP contribution in [0.4, 0.5) is 0 Å². The molecular weight excluding hydrogens is 220 g/mol. The number of aromatic nitrogens is 3. The maximum absolute atomic E-state index is 8.66. The van der Waals surface area contributed by atoms with Crippen molar-refractivity contribution in [3.63, 3.8) is 0 Å². The molecule has 5 heteroatoms. The average molecular weight is 223 g/mol. The summed E-state index contributed by atoms with van der Waals surface area (Å²) < 4.78 is 2.26. The van der Waals surface area contributed by atoms with E-state index in [0.29, 0.717) is 15.8 Å². The Morgan fingerprint density at radius 1 is 1.58 bits per heavy atom. The van der Waals surface area contributed by atoms with Gasteiger partial charge in [0.2, 0.25) is 0 Å². The lowest BCUT2D eigenvalue weighted by Gasteiger charge is -1.91. The van der Waals surface area contributed by atoms with Crippen molar-refractivity contribution >= 4 is 21.6 Å². The van der Waals surface area contributed by atoms with E-state index in [0.717, 1.165) is 0 Å². The van der Waals surface area contributed by atoms with E-state index in [1.807, 2.05) is 6.07 Å². The summed E-state index contributed by atoms with van der Waals surface area (Å²) in [5.41, 5.74) is 1.06. The van der Waals surface area contributed by atoms with Gasteiger partial charge >= 0.3 is 0 Å². The van der Waals surface area contributed by atoms with E-state index in [1.54, 1.807) is 16.8 Å². The molecule has 2 aromatic heterocycles. The Morgan fingerprint density at radius 3 is 3.17 bits per heavy atom. The molecule has 0 radical (unpaired) electrons. The number of hydrogen-bond donors (Lipinski definition) is 0. The number of nitriles is 1. The van der Waals surface area contributed by atoms with Crippen LogP contribution < -0.4 is 0 Å². The minimum Gasteiger partial charge on any atom is -0.221 e. The molecule has 0 spiro atoms. The van der Waals surface area contributed by atoms with Crippen molar-refractivity contribution < 1.29 is 0 Å². The highest BCUT2D eigenvalue weighted by Crippen LogP contribution is 2.10. The molecule has 0 N–H and O–H groups in total.